The van der Waals surface area contributed by atoms with Gasteiger partial charge in [0.15, 0.2) is 21.6 Å². The van der Waals surface area contributed by atoms with Crippen molar-refractivity contribution in [3.8, 4) is 17.6 Å². The van der Waals surface area contributed by atoms with Crippen molar-refractivity contribution in [3.05, 3.63) is 81.3 Å². The summed E-state index contributed by atoms with van der Waals surface area (Å²) < 4.78 is 11.2. The number of Topliss-reactive ketones (excluding diaryl/α,β-unsaturated/α-hetero) is 1. The van der Waals surface area contributed by atoms with Gasteiger partial charge in [-0.2, -0.15) is 5.26 Å². The number of thioether (sulfide) groups is 1. The second-order valence-electron chi connectivity index (χ2n) is 9.77. The van der Waals surface area contributed by atoms with Crippen LogP contribution in [0.4, 0.5) is 5.13 Å². The first-order chi connectivity index (χ1) is 20.9. The molecule has 2 heterocycles. The van der Waals surface area contributed by atoms with Crippen LogP contribution < -0.4 is 25.4 Å². The van der Waals surface area contributed by atoms with Crippen molar-refractivity contribution in [3.63, 3.8) is 0 Å². The van der Waals surface area contributed by atoms with Crippen LogP contribution in [0.3, 0.4) is 0 Å². The summed E-state index contributed by atoms with van der Waals surface area (Å²) in [5.74, 6) is 0.800. The molecule has 1 amide bonds. The van der Waals surface area contributed by atoms with Crippen LogP contribution in [0.1, 0.15) is 36.3 Å². The number of hydrogen-bond donors (Lipinski definition) is 2. The van der Waals surface area contributed by atoms with E-state index in [1.807, 2.05) is 30.3 Å². The molecule has 0 saturated carbocycles. The predicted octanol–water partition coefficient (Wildman–Crippen LogP) is 4.96. The Morgan fingerprint density at radius 2 is 2.00 bits per heavy atom. The molecule has 222 valence electrons. The highest BCUT2D eigenvalue weighted by molar-refractivity contribution is 8.01. The van der Waals surface area contributed by atoms with Gasteiger partial charge in [-0.05, 0) is 48.6 Å². The fraction of sp³-hybridized carbons (Fsp3) is 0.300. The van der Waals surface area contributed by atoms with Gasteiger partial charge >= 0.3 is 0 Å². The van der Waals surface area contributed by atoms with E-state index >= 15 is 0 Å². The molecule has 2 aromatic carbocycles. The molecule has 10 nitrogen and oxygen atoms in total. The largest absolute Gasteiger partial charge is 0.493 e. The number of ketones is 1. The van der Waals surface area contributed by atoms with Crippen molar-refractivity contribution in [1.82, 2.24) is 15.5 Å². The number of halogens is 1. The standard InChI is InChI=1S/C30H29ClN6O4S2/c1-40-23-11-10-17(14-24(23)41-2)12-13-34-25(39)16-42-30-36-35-29(43-30)37-21-8-5-9-22(38)27(21)26(19(15-32)28(37)33)18-6-3-4-7-20(18)31/h3-4,6-7,10-11,14,26H,5,8-9,12-13,16,33H2,1-2H3,(H,34,39). The minimum absolute atomic E-state index is 0.0414. The molecule has 1 aliphatic heterocycles. The highest BCUT2D eigenvalue weighted by Crippen LogP contribution is 2.48. The molecular formula is C30H29ClN6O4S2. The number of carbonyl (C=O) groups is 2. The molecule has 0 saturated heterocycles. The monoisotopic (exact) mass is 636 g/mol. The van der Waals surface area contributed by atoms with Crippen LogP contribution in [0, 0.1) is 11.3 Å². The van der Waals surface area contributed by atoms with Crippen LogP contribution in [0.5, 0.6) is 11.5 Å². The number of allylic oxidation sites excluding steroid dienone is 3. The van der Waals surface area contributed by atoms with Gasteiger partial charge < -0.3 is 20.5 Å². The van der Waals surface area contributed by atoms with E-state index in [1.165, 1.54) is 23.1 Å². The molecule has 2 aliphatic rings. The first-order valence-electron chi connectivity index (χ1n) is 13.5. The van der Waals surface area contributed by atoms with Gasteiger partial charge in [-0.3, -0.25) is 14.5 Å². The number of carbonyl (C=O) groups excluding carboxylic acids is 2. The number of amides is 1. The molecular weight excluding hydrogens is 608 g/mol. The van der Waals surface area contributed by atoms with E-state index in [2.05, 4.69) is 21.6 Å². The summed E-state index contributed by atoms with van der Waals surface area (Å²) in [7, 11) is 3.17. The first kappa shape index (κ1) is 30.4. The maximum Gasteiger partial charge on any atom is 0.230 e. The van der Waals surface area contributed by atoms with Crippen LogP contribution in [0.15, 0.2) is 69.5 Å². The zero-order valence-electron chi connectivity index (χ0n) is 23.6. The van der Waals surface area contributed by atoms with E-state index in [9.17, 15) is 14.9 Å². The molecule has 0 bridgehead atoms. The van der Waals surface area contributed by atoms with Gasteiger partial charge in [0.1, 0.15) is 5.82 Å². The predicted molar refractivity (Wildman–Crippen MR) is 166 cm³/mol. The summed E-state index contributed by atoms with van der Waals surface area (Å²) >= 11 is 9.03. The van der Waals surface area contributed by atoms with E-state index in [1.54, 1.807) is 31.3 Å². The van der Waals surface area contributed by atoms with Gasteiger partial charge in [0, 0.05) is 29.3 Å². The summed E-state index contributed by atoms with van der Waals surface area (Å²) in [6.07, 6.45) is 2.26. The lowest BCUT2D eigenvalue weighted by Gasteiger charge is -2.38. The van der Waals surface area contributed by atoms with Gasteiger partial charge in [0.2, 0.25) is 11.0 Å². The number of rotatable bonds is 10. The lowest BCUT2D eigenvalue weighted by Crippen LogP contribution is -2.38. The molecule has 0 spiro atoms. The van der Waals surface area contributed by atoms with Crippen molar-refractivity contribution in [2.24, 2.45) is 5.73 Å². The van der Waals surface area contributed by atoms with Gasteiger partial charge in [-0.25, -0.2) is 0 Å². The van der Waals surface area contributed by atoms with Crippen LogP contribution >= 0.6 is 34.7 Å². The number of benzene rings is 2. The SMILES string of the molecule is COc1ccc(CCNC(=O)CSc2nnc(N3C(N)=C(C#N)C(c4ccccc4Cl)C4=C3CCCC4=O)s2)cc1OC. The number of nitrogens with zero attached hydrogens (tertiary/aromatic N) is 4. The maximum absolute atomic E-state index is 13.3. The average molecular weight is 637 g/mol. The third kappa shape index (κ3) is 6.34. The molecule has 3 N–H and O–H groups in total. The van der Waals surface area contributed by atoms with Crippen LogP contribution in [-0.4, -0.2) is 48.4 Å². The van der Waals surface area contributed by atoms with Crippen molar-refractivity contribution in [2.75, 3.05) is 31.4 Å². The van der Waals surface area contributed by atoms with E-state index < -0.39 is 5.92 Å². The number of hydrogen-bond acceptors (Lipinski definition) is 11. The lowest BCUT2D eigenvalue weighted by molar-refractivity contribution is -0.118. The second-order valence-corrected chi connectivity index (χ2v) is 12.4. The van der Waals surface area contributed by atoms with Crippen molar-refractivity contribution in [2.45, 2.75) is 35.9 Å². The number of methoxy groups -OCH3 is 2. The smallest absolute Gasteiger partial charge is 0.230 e. The molecule has 43 heavy (non-hydrogen) atoms. The minimum atomic E-state index is -0.651. The van der Waals surface area contributed by atoms with E-state index in [0.717, 1.165) is 5.56 Å². The third-order valence-corrected chi connectivity index (χ3v) is 9.61. The van der Waals surface area contributed by atoms with Gasteiger partial charge in [0.25, 0.3) is 0 Å². The first-order valence-corrected chi connectivity index (χ1v) is 15.7. The van der Waals surface area contributed by atoms with Crippen molar-refractivity contribution < 1.29 is 19.1 Å². The Hall–Kier alpha value is -4.05. The van der Waals surface area contributed by atoms with Crippen molar-refractivity contribution >= 4 is 51.5 Å². The summed E-state index contributed by atoms with van der Waals surface area (Å²) in [6.45, 7) is 0.458. The van der Waals surface area contributed by atoms with E-state index in [0.29, 0.717) is 75.1 Å². The maximum atomic E-state index is 13.3. The molecule has 1 aromatic heterocycles. The minimum Gasteiger partial charge on any atom is -0.493 e. The van der Waals surface area contributed by atoms with Crippen LogP contribution in [0.2, 0.25) is 5.02 Å². The van der Waals surface area contributed by atoms with E-state index in [4.69, 9.17) is 26.8 Å². The Labute approximate surface area is 262 Å². The summed E-state index contributed by atoms with van der Waals surface area (Å²) in [5.41, 5.74) is 9.75. The van der Waals surface area contributed by atoms with Gasteiger partial charge in [-0.15, -0.1) is 10.2 Å². The summed E-state index contributed by atoms with van der Waals surface area (Å²) in [4.78, 5) is 27.5. The highest BCUT2D eigenvalue weighted by Gasteiger charge is 2.41. The van der Waals surface area contributed by atoms with Crippen LogP contribution in [0.25, 0.3) is 0 Å². The molecule has 13 heteroatoms. The molecule has 0 fully saturated rings. The van der Waals surface area contributed by atoms with Crippen molar-refractivity contribution in [1.29, 1.82) is 5.26 Å². The number of nitriles is 1. The Bertz CT molecular complexity index is 1660. The quantitative estimate of drug-likeness (QED) is 0.293. The number of nitrogens with two attached hydrogens (primary N) is 1. The molecule has 1 aliphatic carbocycles. The topological polar surface area (TPSA) is 143 Å². The average Bonchev–Trinajstić information content (AvgIpc) is 3.48. The molecule has 1 atom stereocenters. The molecule has 1 unspecified atom stereocenters. The zero-order chi connectivity index (χ0) is 30.5. The Morgan fingerprint density at radius 1 is 1.21 bits per heavy atom. The zero-order valence-corrected chi connectivity index (χ0v) is 25.9. The van der Waals surface area contributed by atoms with Crippen LogP contribution in [-0.2, 0) is 16.0 Å². The summed E-state index contributed by atoms with van der Waals surface area (Å²) in [6, 6.07) is 15.1. The Morgan fingerprint density at radius 3 is 2.74 bits per heavy atom. The number of ether oxygens (including phenoxy) is 2. The molecule has 0 radical (unpaired) electrons. The Balaban J connectivity index is 1.28. The normalized spacial score (nSPS) is 16.6. The molecule has 5 rings (SSSR count). The fourth-order valence-electron chi connectivity index (χ4n) is 5.24. The second kappa shape index (κ2) is 13.5. The number of nitrogens with one attached hydrogen (secondary N) is 1. The van der Waals surface area contributed by atoms with Gasteiger partial charge in [0.05, 0.1) is 37.5 Å². The highest BCUT2D eigenvalue weighted by atomic mass is 35.5. The fourth-order valence-corrected chi connectivity index (χ4v) is 7.19. The summed E-state index contributed by atoms with van der Waals surface area (Å²) in [5, 5.41) is 22.6. The Kier molecular flexibility index (Phi) is 9.55. The number of aromatic nitrogens is 2. The lowest BCUT2D eigenvalue weighted by atomic mass is 9.76. The molecule has 3 aromatic rings. The number of anilines is 1. The van der Waals surface area contributed by atoms with E-state index in [-0.39, 0.29) is 28.8 Å². The van der Waals surface area contributed by atoms with Gasteiger partial charge in [-0.1, -0.05) is 59.0 Å². The third-order valence-electron chi connectivity index (χ3n) is 7.23.